The van der Waals surface area contributed by atoms with Gasteiger partial charge in [-0.1, -0.05) is 39.8 Å². The van der Waals surface area contributed by atoms with E-state index in [1.54, 1.807) is 32.1 Å². The molecule has 2 aromatic rings. The number of benzene rings is 1. The number of fused-ring (bicyclic) bond motifs is 2. The number of hydrogen-bond acceptors (Lipinski definition) is 6. The van der Waals surface area contributed by atoms with Gasteiger partial charge >= 0.3 is 5.63 Å². The van der Waals surface area contributed by atoms with E-state index in [0.29, 0.717) is 11.1 Å². The lowest BCUT2D eigenvalue weighted by atomic mass is 9.77. The van der Waals surface area contributed by atoms with Crippen LogP contribution in [0.5, 0.6) is 11.5 Å². The molecular weight excluding hydrogens is 384 g/mol. The van der Waals surface area contributed by atoms with E-state index >= 15 is 0 Å². The molecule has 0 bridgehead atoms. The van der Waals surface area contributed by atoms with Crippen LogP contribution in [0.1, 0.15) is 64.3 Å². The molecule has 1 aliphatic rings. The van der Waals surface area contributed by atoms with Crippen molar-refractivity contribution in [3.63, 3.8) is 0 Å². The number of phenolic OH excluding ortho intramolecular Hbond substituents is 1. The van der Waals surface area contributed by atoms with Crippen molar-refractivity contribution in [3.8, 4) is 11.5 Å². The van der Waals surface area contributed by atoms with Crippen molar-refractivity contribution < 1.29 is 24.5 Å². The second kappa shape index (κ2) is 6.72. The molecule has 0 spiro atoms. The van der Waals surface area contributed by atoms with Crippen molar-refractivity contribution in [1.29, 1.82) is 0 Å². The minimum absolute atomic E-state index is 0.0652. The summed E-state index contributed by atoms with van der Waals surface area (Å²) in [5.74, 6) is -0.109. The van der Waals surface area contributed by atoms with Crippen LogP contribution in [-0.4, -0.2) is 27.0 Å². The quantitative estimate of drug-likeness (QED) is 0.517. The Morgan fingerprint density at radius 3 is 2.20 bits per heavy atom. The van der Waals surface area contributed by atoms with Crippen molar-refractivity contribution in [2.75, 3.05) is 0 Å². The van der Waals surface area contributed by atoms with Gasteiger partial charge in [-0.25, -0.2) is 4.79 Å². The van der Waals surface area contributed by atoms with Gasteiger partial charge in [-0.2, -0.15) is 0 Å². The second-order valence-corrected chi connectivity index (χ2v) is 9.60. The zero-order valence-corrected chi connectivity index (χ0v) is 18.4. The first-order valence-electron chi connectivity index (χ1n) is 9.89. The molecule has 3 rings (SSSR count). The van der Waals surface area contributed by atoms with E-state index in [9.17, 15) is 20.1 Å². The van der Waals surface area contributed by atoms with E-state index in [2.05, 4.69) is 13.2 Å². The van der Waals surface area contributed by atoms with E-state index in [1.165, 1.54) is 0 Å². The van der Waals surface area contributed by atoms with Gasteiger partial charge in [0.1, 0.15) is 34.9 Å². The van der Waals surface area contributed by atoms with Crippen LogP contribution >= 0.6 is 0 Å². The standard InChI is InChI=1S/C24H30O6/c1-9-22(3,4)13-11-12-16(25)14-17(26)20(27)24(7,8)30-19(14)15(23(5,6)10-2)18(12)29-21(13)28/h9-11,17,20,25-27H,1-2H2,3-8H3/t17-,20+/m1/s1. The molecule has 2 atom stereocenters. The van der Waals surface area contributed by atoms with Gasteiger partial charge in [0.05, 0.1) is 10.9 Å². The summed E-state index contributed by atoms with van der Waals surface area (Å²) in [4.78, 5) is 12.9. The molecule has 0 saturated heterocycles. The number of allylic oxidation sites excluding steroid dienone is 2. The van der Waals surface area contributed by atoms with Crippen molar-refractivity contribution in [2.45, 2.75) is 70.2 Å². The third kappa shape index (κ3) is 3.06. The van der Waals surface area contributed by atoms with E-state index in [4.69, 9.17) is 9.15 Å². The number of aromatic hydroxyl groups is 1. The van der Waals surface area contributed by atoms with Crippen LogP contribution in [0, 0.1) is 0 Å². The molecule has 0 unspecified atom stereocenters. The third-order valence-corrected chi connectivity index (χ3v) is 6.19. The average Bonchev–Trinajstić information content (AvgIpc) is 2.65. The summed E-state index contributed by atoms with van der Waals surface area (Å²) in [5.41, 5.74) is -2.12. The minimum atomic E-state index is -1.39. The maximum absolute atomic E-state index is 12.9. The lowest BCUT2D eigenvalue weighted by molar-refractivity contribution is -0.113. The molecule has 1 aromatic heterocycles. The molecule has 3 N–H and O–H groups in total. The number of rotatable bonds is 4. The van der Waals surface area contributed by atoms with Crippen molar-refractivity contribution in [3.05, 3.63) is 58.5 Å². The third-order valence-electron chi connectivity index (χ3n) is 6.19. The van der Waals surface area contributed by atoms with Crippen LogP contribution in [0.4, 0.5) is 0 Å². The molecule has 1 aliphatic heterocycles. The fourth-order valence-corrected chi connectivity index (χ4v) is 3.81. The van der Waals surface area contributed by atoms with Crippen molar-refractivity contribution in [1.82, 2.24) is 0 Å². The molecule has 0 aliphatic carbocycles. The smallest absolute Gasteiger partial charge is 0.340 e. The Bertz CT molecular complexity index is 1100. The fraction of sp³-hybridized carbons (Fsp3) is 0.458. The number of aliphatic hydroxyl groups is 2. The van der Waals surface area contributed by atoms with Crippen LogP contribution < -0.4 is 10.4 Å². The van der Waals surface area contributed by atoms with E-state index < -0.39 is 34.3 Å². The highest BCUT2D eigenvalue weighted by Gasteiger charge is 2.47. The topological polar surface area (TPSA) is 100 Å². The summed E-state index contributed by atoms with van der Waals surface area (Å²) >= 11 is 0. The lowest BCUT2D eigenvalue weighted by Gasteiger charge is -2.42. The predicted octanol–water partition coefficient (Wildman–Crippen LogP) is 3.99. The van der Waals surface area contributed by atoms with E-state index in [1.807, 2.05) is 27.7 Å². The molecular formula is C24H30O6. The first-order valence-corrected chi connectivity index (χ1v) is 9.89. The largest absolute Gasteiger partial charge is 0.507 e. The zero-order chi connectivity index (χ0) is 22.8. The van der Waals surface area contributed by atoms with Crippen LogP contribution in [-0.2, 0) is 10.8 Å². The average molecular weight is 414 g/mol. The van der Waals surface area contributed by atoms with Crippen LogP contribution in [0.25, 0.3) is 11.0 Å². The zero-order valence-electron chi connectivity index (χ0n) is 18.4. The molecule has 162 valence electrons. The molecule has 6 heteroatoms. The summed E-state index contributed by atoms with van der Waals surface area (Å²) in [5, 5.41) is 32.8. The van der Waals surface area contributed by atoms with Crippen molar-refractivity contribution >= 4 is 11.0 Å². The monoisotopic (exact) mass is 414 g/mol. The summed E-state index contributed by atoms with van der Waals surface area (Å²) in [6.07, 6.45) is 0.636. The van der Waals surface area contributed by atoms with Gasteiger partial charge < -0.3 is 24.5 Å². The van der Waals surface area contributed by atoms with Gasteiger partial charge in [0.25, 0.3) is 0 Å². The molecule has 30 heavy (non-hydrogen) atoms. The van der Waals surface area contributed by atoms with Crippen LogP contribution in [0.3, 0.4) is 0 Å². The Morgan fingerprint density at radius 2 is 1.67 bits per heavy atom. The number of phenols is 1. The maximum Gasteiger partial charge on any atom is 0.340 e. The Balaban J connectivity index is 2.57. The van der Waals surface area contributed by atoms with Gasteiger partial charge in [-0.15, -0.1) is 13.2 Å². The minimum Gasteiger partial charge on any atom is -0.507 e. The molecule has 0 saturated carbocycles. The van der Waals surface area contributed by atoms with Gasteiger partial charge in [-0.05, 0) is 19.9 Å². The summed E-state index contributed by atoms with van der Waals surface area (Å²) in [6.45, 7) is 18.3. The first-order chi connectivity index (χ1) is 13.7. The highest BCUT2D eigenvalue weighted by atomic mass is 16.5. The lowest BCUT2D eigenvalue weighted by Crippen LogP contribution is -2.49. The molecule has 0 amide bonds. The van der Waals surface area contributed by atoms with Crippen LogP contribution in [0.15, 0.2) is 40.6 Å². The highest BCUT2D eigenvalue weighted by Crippen LogP contribution is 2.53. The number of hydrogen-bond donors (Lipinski definition) is 3. The highest BCUT2D eigenvalue weighted by molar-refractivity contribution is 5.92. The predicted molar refractivity (Wildman–Crippen MR) is 116 cm³/mol. The maximum atomic E-state index is 12.9. The van der Waals surface area contributed by atoms with Gasteiger partial charge in [-0.3, -0.25) is 0 Å². The van der Waals surface area contributed by atoms with E-state index in [-0.39, 0.29) is 28.0 Å². The molecule has 0 radical (unpaired) electrons. The molecule has 2 heterocycles. The Labute approximate surface area is 176 Å². The van der Waals surface area contributed by atoms with Gasteiger partial charge in [0.2, 0.25) is 0 Å². The summed E-state index contributed by atoms with van der Waals surface area (Å²) in [6, 6.07) is 1.56. The van der Waals surface area contributed by atoms with Gasteiger partial charge in [0.15, 0.2) is 0 Å². The Morgan fingerprint density at radius 1 is 1.10 bits per heavy atom. The summed E-state index contributed by atoms with van der Waals surface area (Å²) < 4.78 is 11.8. The number of ether oxygens (including phenoxy) is 1. The fourth-order valence-electron chi connectivity index (χ4n) is 3.81. The number of aliphatic hydroxyl groups excluding tert-OH is 2. The Kier molecular flexibility index (Phi) is 4.96. The normalized spacial score (nSPS) is 21.1. The van der Waals surface area contributed by atoms with Crippen LogP contribution in [0.2, 0.25) is 0 Å². The molecule has 1 aromatic carbocycles. The molecule has 0 fully saturated rings. The van der Waals surface area contributed by atoms with Crippen molar-refractivity contribution in [2.24, 2.45) is 0 Å². The van der Waals surface area contributed by atoms with Gasteiger partial charge in [0, 0.05) is 22.0 Å². The Hall–Kier alpha value is -2.57. The SMILES string of the molecule is C=CC(C)(C)c1cc2c(O)c3c(c(C(C)(C)C=C)c2oc1=O)OC(C)(C)[C@@H](O)[C@@H]3O. The van der Waals surface area contributed by atoms with E-state index in [0.717, 1.165) is 0 Å². The summed E-state index contributed by atoms with van der Waals surface area (Å²) in [7, 11) is 0. The molecule has 6 nitrogen and oxygen atoms in total. The first kappa shape index (κ1) is 22.1. The second-order valence-electron chi connectivity index (χ2n) is 9.60.